The zero-order chi connectivity index (χ0) is 19.5. The van der Waals surface area contributed by atoms with Crippen molar-refractivity contribution >= 4 is 17.6 Å². The molecule has 28 heavy (non-hydrogen) atoms. The summed E-state index contributed by atoms with van der Waals surface area (Å²) < 4.78 is 24.9. The van der Waals surface area contributed by atoms with Crippen LogP contribution < -0.4 is 15.8 Å². The van der Waals surface area contributed by atoms with Gasteiger partial charge in [0.1, 0.15) is 17.3 Å². The minimum atomic E-state index is -0.438. The number of amides is 1. The Bertz CT molecular complexity index is 897. The van der Waals surface area contributed by atoms with E-state index in [0.717, 1.165) is 0 Å². The summed E-state index contributed by atoms with van der Waals surface area (Å²) in [6.07, 6.45) is 4.46. The molecule has 8 heteroatoms. The molecule has 4 rings (SSSR count). The first kappa shape index (κ1) is 18.2. The van der Waals surface area contributed by atoms with Gasteiger partial charge in [-0.3, -0.25) is 4.79 Å². The van der Waals surface area contributed by atoms with E-state index in [-0.39, 0.29) is 17.6 Å². The van der Waals surface area contributed by atoms with Crippen LogP contribution in [0.25, 0.3) is 0 Å². The monoisotopic (exact) mass is 384 g/mol. The fraction of sp³-hybridized carbons (Fsp3) is 0.350. The third-order valence-corrected chi connectivity index (χ3v) is 4.69. The van der Waals surface area contributed by atoms with Gasteiger partial charge in [-0.2, -0.15) is 0 Å². The van der Waals surface area contributed by atoms with Crippen molar-refractivity contribution in [3.05, 3.63) is 53.6 Å². The van der Waals surface area contributed by atoms with Crippen molar-refractivity contribution in [3.8, 4) is 5.75 Å². The van der Waals surface area contributed by atoms with Crippen molar-refractivity contribution in [3.63, 3.8) is 0 Å². The Labute approximate surface area is 161 Å². The number of aliphatic imine (C=N–C) groups is 1. The van der Waals surface area contributed by atoms with Crippen LogP contribution in [-0.4, -0.2) is 30.1 Å². The molecule has 1 unspecified atom stereocenters. The number of benzene rings is 1. The van der Waals surface area contributed by atoms with Gasteiger partial charge in [-0.05, 0) is 49.1 Å². The van der Waals surface area contributed by atoms with Gasteiger partial charge in [0.05, 0.1) is 25.5 Å². The van der Waals surface area contributed by atoms with E-state index in [1.54, 1.807) is 18.2 Å². The number of carbonyl (C=O) groups excluding carboxylic acids is 1. The lowest BCUT2D eigenvalue weighted by atomic mass is 10.0. The topological polar surface area (TPSA) is 98.8 Å². The van der Waals surface area contributed by atoms with Gasteiger partial charge in [0.2, 0.25) is 0 Å². The zero-order valence-electron chi connectivity index (χ0n) is 15.2. The summed E-state index contributed by atoms with van der Waals surface area (Å²) in [6.45, 7) is 1.06. The summed E-state index contributed by atoms with van der Waals surface area (Å²) >= 11 is 0. The molecule has 0 spiro atoms. The van der Waals surface area contributed by atoms with Gasteiger partial charge in [0.15, 0.2) is 0 Å². The van der Waals surface area contributed by atoms with E-state index < -0.39 is 11.9 Å². The summed E-state index contributed by atoms with van der Waals surface area (Å²) in [4.78, 5) is 20.7. The van der Waals surface area contributed by atoms with Crippen LogP contribution in [-0.2, 0) is 4.74 Å². The molecule has 3 N–H and O–H groups in total. The molecule has 1 atom stereocenters. The average molecular weight is 384 g/mol. The highest BCUT2D eigenvalue weighted by Crippen LogP contribution is 2.30. The number of pyridine rings is 1. The molecule has 2 aliphatic rings. The number of aromatic nitrogens is 1. The second-order valence-corrected chi connectivity index (χ2v) is 6.94. The fourth-order valence-electron chi connectivity index (χ4n) is 2.93. The van der Waals surface area contributed by atoms with Crippen LogP contribution >= 0.6 is 0 Å². The maximum absolute atomic E-state index is 14.2. The van der Waals surface area contributed by atoms with Crippen LogP contribution in [0.5, 0.6) is 5.75 Å². The number of ether oxygens (including phenoxy) is 2. The molecule has 7 nitrogen and oxygen atoms in total. The SMILES string of the molecule is NC1=NC(c2cc(NC(=O)c3ccc(OCC4CC4)cn3)ccc2F)CCO1. The van der Waals surface area contributed by atoms with E-state index in [2.05, 4.69) is 15.3 Å². The number of nitrogens with one attached hydrogen (secondary N) is 1. The van der Waals surface area contributed by atoms with Gasteiger partial charge in [0, 0.05) is 17.7 Å². The van der Waals surface area contributed by atoms with E-state index in [0.29, 0.717) is 42.6 Å². The Morgan fingerprint density at radius 1 is 1.29 bits per heavy atom. The Kier molecular flexibility index (Phi) is 5.10. The van der Waals surface area contributed by atoms with Crippen molar-refractivity contribution in [1.29, 1.82) is 0 Å². The Morgan fingerprint density at radius 2 is 2.14 bits per heavy atom. The van der Waals surface area contributed by atoms with Gasteiger partial charge in [-0.1, -0.05) is 0 Å². The quantitative estimate of drug-likeness (QED) is 0.798. The molecule has 1 amide bonds. The number of hydrogen-bond donors (Lipinski definition) is 2. The Morgan fingerprint density at radius 3 is 2.86 bits per heavy atom. The molecule has 1 fully saturated rings. The fourth-order valence-corrected chi connectivity index (χ4v) is 2.93. The van der Waals surface area contributed by atoms with Gasteiger partial charge in [-0.25, -0.2) is 14.4 Å². The second kappa shape index (κ2) is 7.84. The average Bonchev–Trinajstić information content (AvgIpc) is 3.53. The molecule has 1 aliphatic carbocycles. The van der Waals surface area contributed by atoms with Crippen LogP contribution in [0, 0.1) is 11.7 Å². The highest BCUT2D eigenvalue weighted by Gasteiger charge is 2.22. The van der Waals surface area contributed by atoms with Gasteiger partial charge in [0.25, 0.3) is 11.9 Å². The summed E-state index contributed by atoms with van der Waals surface area (Å²) in [5.74, 6) is 0.492. The van der Waals surface area contributed by atoms with Crippen molar-refractivity contribution < 1.29 is 18.7 Å². The minimum absolute atomic E-state index is 0.0401. The van der Waals surface area contributed by atoms with Crippen LogP contribution in [0.15, 0.2) is 41.5 Å². The van der Waals surface area contributed by atoms with Gasteiger partial charge in [-0.15, -0.1) is 0 Å². The maximum Gasteiger partial charge on any atom is 0.282 e. The van der Waals surface area contributed by atoms with Crippen molar-refractivity contribution in [2.24, 2.45) is 16.6 Å². The summed E-state index contributed by atoms with van der Waals surface area (Å²) in [5.41, 5.74) is 6.64. The standard InChI is InChI=1S/C20H21FN4O3/c21-16-5-3-13(9-15(16)17-7-8-27-20(22)25-17)24-19(26)18-6-4-14(10-23-18)28-11-12-1-2-12/h3-6,9-10,12,17H,1-2,7-8,11H2,(H2,22,25)(H,24,26). The molecule has 0 saturated heterocycles. The van der Waals surface area contributed by atoms with Crippen molar-refractivity contribution in [2.45, 2.75) is 25.3 Å². The number of nitrogens with two attached hydrogens (primary N) is 1. The molecule has 146 valence electrons. The third kappa shape index (κ3) is 4.39. The van der Waals surface area contributed by atoms with E-state index in [4.69, 9.17) is 15.2 Å². The van der Waals surface area contributed by atoms with E-state index in [1.165, 1.54) is 31.2 Å². The molecule has 2 aromatic rings. The zero-order valence-corrected chi connectivity index (χ0v) is 15.2. The maximum atomic E-state index is 14.2. The van der Waals surface area contributed by atoms with Crippen LogP contribution in [0.1, 0.15) is 41.4 Å². The van der Waals surface area contributed by atoms with E-state index >= 15 is 0 Å². The largest absolute Gasteiger partial charge is 0.492 e. The number of hydrogen-bond acceptors (Lipinski definition) is 6. The Hall–Kier alpha value is -3.16. The first-order valence-corrected chi connectivity index (χ1v) is 9.24. The number of rotatable bonds is 6. The first-order valence-electron chi connectivity index (χ1n) is 9.24. The van der Waals surface area contributed by atoms with Crippen LogP contribution in [0.3, 0.4) is 0 Å². The molecule has 1 aromatic carbocycles. The number of halogens is 1. The number of anilines is 1. The molecule has 1 aromatic heterocycles. The minimum Gasteiger partial charge on any atom is -0.492 e. The molecule has 1 aliphatic heterocycles. The van der Waals surface area contributed by atoms with Crippen molar-refractivity contribution in [1.82, 2.24) is 4.98 Å². The number of amidine groups is 1. The van der Waals surface area contributed by atoms with Gasteiger partial charge < -0.3 is 20.5 Å². The molecular weight excluding hydrogens is 363 g/mol. The number of nitrogens with zero attached hydrogens (tertiary/aromatic N) is 2. The third-order valence-electron chi connectivity index (χ3n) is 4.69. The molecule has 0 radical (unpaired) electrons. The predicted molar refractivity (Wildman–Crippen MR) is 102 cm³/mol. The lowest BCUT2D eigenvalue weighted by molar-refractivity contribution is 0.102. The summed E-state index contributed by atoms with van der Waals surface area (Å²) in [6, 6.07) is 7.29. The first-order chi connectivity index (χ1) is 13.6. The van der Waals surface area contributed by atoms with E-state index in [9.17, 15) is 9.18 Å². The second-order valence-electron chi connectivity index (χ2n) is 6.94. The highest BCUT2D eigenvalue weighted by molar-refractivity contribution is 6.02. The van der Waals surface area contributed by atoms with Crippen LogP contribution in [0.4, 0.5) is 10.1 Å². The van der Waals surface area contributed by atoms with Crippen molar-refractivity contribution in [2.75, 3.05) is 18.5 Å². The lowest BCUT2D eigenvalue weighted by Crippen LogP contribution is -2.24. The Balaban J connectivity index is 1.43. The number of carbonyl (C=O) groups is 1. The van der Waals surface area contributed by atoms with E-state index in [1.807, 2.05) is 0 Å². The normalized spacial score (nSPS) is 18.8. The summed E-state index contributed by atoms with van der Waals surface area (Å²) in [7, 11) is 0. The molecule has 2 heterocycles. The predicted octanol–water partition coefficient (Wildman–Crippen LogP) is 3.04. The lowest BCUT2D eigenvalue weighted by Gasteiger charge is -2.20. The van der Waals surface area contributed by atoms with Gasteiger partial charge >= 0.3 is 0 Å². The molecular formula is C20H21FN4O3. The summed E-state index contributed by atoms with van der Waals surface area (Å²) in [5, 5.41) is 2.74. The molecule has 0 bridgehead atoms. The molecule has 1 saturated carbocycles. The smallest absolute Gasteiger partial charge is 0.282 e. The van der Waals surface area contributed by atoms with Crippen LogP contribution in [0.2, 0.25) is 0 Å². The highest BCUT2D eigenvalue weighted by atomic mass is 19.1.